The minimum Gasteiger partial charge on any atom is -0.319 e. The molecular weight excluding hydrogens is 273 g/mol. The number of benzene rings is 1. The molecule has 2 rings (SSSR count). The van der Waals surface area contributed by atoms with E-state index in [9.17, 15) is 9.18 Å². The predicted molar refractivity (Wildman–Crippen MR) is 73.2 cm³/mol. The van der Waals surface area contributed by atoms with E-state index in [1.165, 1.54) is 29.5 Å². The zero-order valence-corrected chi connectivity index (χ0v) is 11.5. The highest BCUT2D eigenvalue weighted by atomic mass is 35.5. The van der Waals surface area contributed by atoms with E-state index in [1.54, 1.807) is 6.07 Å². The number of carbonyl (C=O) groups is 1. The molecule has 2 nitrogen and oxygen atoms in total. The molecule has 0 spiro atoms. The molecular formula is C13H11ClFNOS. The van der Waals surface area contributed by atoms with E-state index in [0.717, 1.165) is 9.75 Å². The van der Waals surface area contributed by atoms with Crippen LogP contribution >= 0.6 is 22.9 Å². The maximum atomic E-state index is 13.5. The van der Waals surface area contributed by atoms with E-state index in [-0.39, 0.29) is 11.6 Å². The number of thiophene rings is 1. The fourth-order valence-electron chi connectivity index (χ4n) is 1.64. The summed E-state index contributed by atoms with van der Waals surface area (Å²) < 4.78 is 13.5. The monoisotopic (exact) mass is 283 g/mol. The van der Waals surface area contributed by atoms with Gasteiger partial charge in [-0.3, -0.25) is 4.79 Å². The molecule has 0 fully saturated rings. The van der Waals surface area contributed by atoms with Gasteiger partial charge < -0.3 is 5.32 Å². The Hall–Kier alpha value is -1.39. The van der Waals surface area contributed by atoms with Crippen LogP contribution in [0, 0.1) is 19.7 Å². The molecule has 0 aliphatic heterocycles. The number of carbonyl (C=O) groups excluding carboxylic acids is 1. The van der Waals surface area contributed by atoms with Crippen LogP contribution in [0.5, 0.6) is 0 Å². The van der Waals surface area contributed by atoms with Crippen LogP contribution in [-0.4, -0.2) is 5.91 Å². The number of rotatable bonds is 2. The highest BCUT2D eigenvalue weighted by molar-refractivity contribution is 7.12. The van der Waals surface area contributed by atoms with Gasteiger partial charge in [0.1, 0.15) is 5.82 Å². The van der Waals surface area contributed by atoms with Gasteiger partial charge in [-0.2, -0.15) is 0 Å². The number of halogens is 2. The Labute approximate surface area is 113 Å². The molecule has 0 aliphatic carbocycles. The van der Waals surface area contributed by atoms with Crippen molar-refractivity contribution in [1.82, 2.24) is 0 Å². The molecule has 1 N–H and O–H groups in total. The van der Waals surface area contributed by atoms with Gasteiger partial charge in [-0.15, -0.1) is 11.3 Å². The maximum Gasteiger partial charge on any atom is 0.256 e. The van der Waals surface area contributed by atoms with Gasteiger partial charge >= 0.3 is 0 Å². The molecule has 5 heteroatoms. The zero-order chi connectivity index (χ0) is 13.3. The van der Waals surface area contributed by atoms with Crippen LogP contribution in [0.1, 0.15) is 20.1 Å². The lowest BCUT2D eigenvalue weighted by Crippen LogP contribution is -2.13. The highest BCUT2D eigenvalue weighted by Crippen LogP contribution is 2.23. The average molecular weight is 284 g/mol. The summed E-state index contributed by atoms with van der Waals surface area (Å²) in [4.78, 5) is 13.9. The fraction of sp³-hybridized carbons (Fsp3) is 0.154. The van der Waals surface area contributed by atoms with E-state index in [4.69, 9.17) is 11.6 Å². The number of hydrogen-bond acceptors (Lipinski definition) is 2. The Kier molecular flexibility index (Phi) is 3.68. The molecule has 0 aliphatic rings. The van der Waals surface area contributed by atoms with Crippen molar-refractivity contribution >= 4 is 34.5 Å². The summed E-state index contributed by atoms with van der Waals surface area (Å²) >= 11 is 7.19. The maximum absolute atomic E-state index is 13.5. The normalized spacial score (nSPS) is 10.4. The quantitative estimate of drug-likeness (QED) is 0.869. The Morgan fingerprint density at radius 2 is 2.06 bits per heavy atom. The first-order chi connectivity index (χ1) is 8.47. The molecule has 0 saturated carbocycles. The molecule has 1 aromatic carbocycles. The zero-order valence-electron chi connectivity index (χ0n) is 9.88. The Balaban J connectivity index is 2.24. The number of amides is 1. The van der Waals surface area contributed by atoms with E-state index >= 15 is 0 Å². The standard InChI is InChI=1S/C13H11ClFNOS/c1-7-5-10(8(2)18-7)13(17)16-12-4-3-9(14)6-11(12)15/h3-6H,1-2H3,(H,16,17). The minimum atomic E-state index is -0.541. The first-order valence-electron chi connectivity index (χ1n) is 5.31. The molecule has 1 aromatic heterocycles. The summed E-state index contributed by atoms with van der Waals surface area (Å²) in [6.45, 7) is 3.79. The van der Waals surface area contributed by atoms with Crippen LogP contribution < -0.4 is 5.32 Å². The van der Waals surface area contributed by atoms with Crippen molar-refractivity contribution in [3.05, 3.63) is 50.4 Å². The summed E-state index contributed by atoms with van der Waals surface area (Å²) in [5, 5.41) is 2.84. The summed E-state index contributed by atoms with van der Waals surface area (Å²) in [5.41, 5.74) is 0.708. The second-order valence-electron chi connectivity index (χ2n) is 3.91. The number of anilines is 1. The van der Waals surface area contributed by atoms with Crippen LogP contribution in [-0.2, 0) is 0 Å². The van der Waals surface area contributed by atoms with Crippen molar-refractivity contribution in [2.24, 2.45) is 0 Å². The molecule has 18 heavy (non-hydrogen) atoms. The van der Waals surface area contributed by atoms with Gasteiger partial charge in [0.25, 0.3) is 5.91 Å². The Morgan fingerprint density at radius 1 is 1.33 bits per heavy atom. The first-order valence-corrected chi connectivity index (χ1v) is 6.50. The third kappa shape index (κ3) is 2.71. The number of nitrogens with one attached hydrogen (secondary N) is 1. The summed E-state index contributed by atoms with van der Waals surface area (Å²) in [6, 6.07) is 5.95. The molecule has 0 bridgehead atoms. The first kappa shape index (κ1) is 13.1. The van der Waals surface area contributed by atoms with Crippen molar-refractivity contribution < 1.29 is 9.18 Å². The third-order valence-electron chi connectivity index (χ3n) is 2.46. The summed E-state index contributed by atoms with van der Waals surface area (Å²) in [6.07, 6.45) is 0. The predicted octanol–water partition coefficient (Wildman–Crippen LogP) is 4.41. The Bertz CT molecular complexity index is 609. The smallest absolute Gasteiger partial charge is 0.256 e. The second-order valence-corrected chi connectivity index (χ2v) is 5.80. The molecule has 1 heterocycles. The van der Waals surface area contributed by atoms with Crippen LogP contribution in [0.15, 0.2) is 24.3 Å². The van der Waals surface area contributed by atoms with Crippen LogP contribution in [0.4, 0.5) is 10.1 Å². The van der Waals surface area contributed by atoms with E-state index in [1.807, 2.05) is 13.8 Å². The largest absolute Gasteiger partial charge is 0.319 e. The molecule has 94 valence electrons. The lowest BCUT2D eigenvalue weighted by Gasteiger charge is -2.06. The van der Waals surface area contributed by atoms with Crippen molar-refractivity contribution in [2.75, 3.05) is 5.32 Å². The van der Waals surface area contributed by atoms with Crippen LogP contribution in [0.2, 0.25) is 5.02 Å². The van der Waals surface area contributed by atoms with Gasteiger partial charge in [-0.05, 0) is 38.1 Å². The SMILES string of the molecule is Cc1cc(C(=O)Nc2ccc(Cl)cc2F)c(C)s1. The van der Waals surface area contributed by atoms with Gasteiger partial charge in [0.2, 0.25) is 0 Å². The number of hydrogen-bond donors (Lipinski definition) is 1. The van der Waals surface area contributed by atoms with E-state index in [2.05, 4.69) is 5.32 Å². The average Bonchev–Trinajstić information content (AvgIpc) is 2.62. The number of aryl methyl sites for hydroxylation is 2. The molecule has 0 atom stereocenters. The molecule has 1 amide bonds. The Morgan fingerprint density at radius 3 is 2.61 bits per heavy atom. The molecule has 0 radical (unpaired) electrons. The minimum absolute atomic E-state index is 0.132. The van der Waals surface area contributed by atoms with Crippen molar-refractivity contribution in [3.63, 3.8) is 0 Å². The summed E-state index contributed by atoms with van der Waals surface area (Å²) in [7, 11) is 0. The second kappa shape index (κ2) is 5.08. The fourth-order valence-corrected chi connectivity index (χ4v) is 2.72. The summed E-state index contributed by atoms with van der Waals surface area (Å²) in [5.74, 6) is -0.849. The topological polar surface area (TPSA) is 29.1 Å². The molecule has 2 aromatic rings. The highest BCUT2D eigenvalue weighted by Gasteiger charge is 2.13. The van der Waals surface area contributed by atoms with E-state index in [0.29, 0.717) is 10.6 Å². The van der Waals surface area contributed by atoms with Gasteiger partial charge in [-0.1, -0.05) is 11.6 Å². The van der Waals surface area contributed by atoms with Crippen LogP contribution in [0.3, 0.4) is 0 Å². The van der Waals surface area contributed by atoms with E-state index < -0.39 is 5.82 Å². The van der Waals surface area contributed by atoms with Crippen molar-refractivity contribution in [3.8, 4) is 0 Å². The van der Waals surface area contributed by atoms with Gasteiger partial charge in [0.15, 0.2) is 0 Å². The van der Waals surface area contributed by atoms with Gasteiger partial charge in [0, 0.05) is 14.8 Å². The third-order valence-corrected chi connectivity index (χ3v) is 3.67. The molecule has 0 saturated heterocycles. The molecule has 0 unspecified atom stereocenters. The van der Waals surface area contributed by atoms with Crippen molar-refractivity contribution in [1.29, 1.82) is 0 Å². The van der Waals surface area contributed by atoms with Crippen molar-refractivity contribution in [2.45, 2.75) is 13.8 Å². The lowest BCUT2D eigenvalue weighted by atomic mass is 10.2. The van der Waals surface area contributed by atoms with Gasteiger partial charge in [0.05, 0.1) is 11.3 Å². The van der Waals surface area contributed by atoms with Crippen LogP contribution in [0.25, 0.3) is 0 Å². The lowest BCUT2D eigenvalue weighted by molar-refractivity contribution is 0.102. The van der Waals surface area contributed by atoms with Gasteiger partial charge in [-0.25, -0.2) is 4.39 Å².